The predicted octanol–water partition coefficient (Wildman–Crippen LogP) is 3.05. The van der Waals surface area contributed by atoms with E-state index in [9.17, 15) is 5.11 Å². The van der Waals surface area contributed by atoms with Crippen molar-refractivity contribution < 1.29 is 5.11 Å². The lowest BCUT2D eigenvalue weighted by Crippen LogP contribution is -2.43. The molecule has 0 bridgehead atoms. The first kappa shape index (κ1) is 12.6. The van der Waals surface area contributed by atoms with E-state index < -0.39 is 0 Å². The fraction of sp³-hybridized carbons (Fsp3) is 0.412. The summed E-state index contributed by atoms with van der Waals surface area (Å²) in [5.41, 5.74) is 0.821. The van der Waals surface area contributed by atoms with E-state index in [0.29, 0.717) is 0 Å². The van der Waals surface area contributed by atoms with Crippen LogP contribution in [0.5, 0.6) is 0 Å². The highest BCUT2D eigenvalue weighted by atomic mass is 16.3. The van der Waals surface area contributed by atoms with E-state index in [1.54, 1.807) is 0 Å². The van der Waals surface area contributed by atoms with E-state index in [-0.39, 0.29) is 12.1 Å². The topological polar surface area (TPSA) is 32.3 Å². The van der Waals surface area contributed by atoms with Crippen LogP contribution in [0.2, 0.25) is 0 Å². The fourth-order valence-electron chi connectivity index (χ4n) is 2.47. The van der Waals surface area contributed by atoms with Crippen molar-refractivity contribution in [2.45, 2.75) is 25.3 Å². The van der Waals surface area contributed by atoms with Crippen molar-refractivity contribution in [3.63, 3.8) is 0 Å². The predicted molar refractivity (Wildman–Crippen MR) is 79.1 cm³/mol. The first-order chi connectivity index (χ1) is 9.21. The van der Waals surface area contributed by atoms with E-state index in [4.69, 9.17) is 0 Å². The molecule has 3 rings (SSSR count). The number of rotatable bonds is 5. The number of nitrogens with one attached hydrogen (secondary N) is 1. The van der Waals surface area contributed by atoms with Gasteiger partial charge < -0.3 is 10.4 Å². The van der Waals surface area contributed by atoms with Crippen LogP contribution in [-0.4, -0.2) is 18.3 Å². The van der Waals surface area contributed by atoms with E-state index in [1.165, 1.54) is 23.6 Å². The molecule has 2 N–H and O–H groups in total. The van der Waals surface area contributed by atoms with Crippen LogP contribution in [0.1, 0.15) is 25.3 Å². The second-order valence-corrected chi connectivity index (χ2v) is 5.88. The smallest absolute Gasteiger partial charge is 0.0652 e. The monoisotopic (exact) mass is 255 g/mol. The summed E-state index contributed by atoms with van der Waals surface area (Å²) in [6.45, 7) is 3.21. The quantitative estimate of drug-likeness (QED) is 0.860. The molecule has 100 valence electrons. The Labute approximate surface area is 114 Å². The molecule has 0 aromatic heterocycles. The number of fused-ring (bicyclic) bond motifs is 1. The Morgan fingerprint density at radius 3 is 2.58 bits per heavy atom. The van der Waals surface area contributed by atoms with Crippen LogP contribution < -0.4 is 5.32 Å². The third-order valence-corrected chi connectivity index (χ3v) is 4.18. The van der Waals surface area contributed by atoms with Crippen LogP contribution in [-0.2, 0) is 5.54 Å². The van der Waals surface area contributed by atoms with Crippen molar-refractivity contribution >= 4 is 10.8 Å². The highest BCUT2D eigenvalue weighted by Crippen LogP contribution is 2.30. The van der Waals surface area contributed by atoms with Crippen molar-refractivity contribution in [2.75, 3.05) is 13.2 Å². The molecule has 2 aromatic rings. The van der Waals surface area contributed by atoms with Gasteiger partial charge in [-0.1, -0.05) is 36.4 Å². The summed E-state index contributed by atoms with van der Waals surface area (Å²) in [4.78, 5) is 0. The SMILES string of the molecule is CC(CO)(NCC1CC1)c1ccc2ccccc2c1. The summed E-state index contributed by atoms with van der Waals surface area (Å²) in [5, 5.41) is 15.8. The van der Waals surface area contributed by atoms with Crippen molar-refractivity contribution in [3.8, 4) is 0 Å². The van der Waals surface area contributed by atoms with E-state index in [0.717, 1.165) is 18.0 Å². The van der Waals surface area contributed by atoms with Crippen LogP contribution in [0.15, 0.2) is 42.5 Å². The number of hydrogen-bond acceptors (Lipinski definition) is 2. The Morgan fingerprint density at radius 1 is 1.16 bits per heavy atom. The molecule has 1 saturated carbocycles. The van der Waals surface area contributed by atoms with Crippen LogP contribution in [0.25, 0.3) is 10.8 Å². The first-order valence-corrected chi connectivity index (χ1v) is 7.06. The fourth-order valence-corrected chi connectivity index (χ4v) is 2.47. The molecular weight excluding hydrogens is 234 g/mol. The number of benzene rings is 2. The average molecular weight is 255 g/mol. The summed E-state index contributed by atoms with van der Waals surface area (Å²) in [6, 6.07) is 14.8. The molecular formula is C17H21NO. The molecule has 2 nitrogen and oxygen atoms in total. The summed E-state index contributed by atoms with van der Waals surface area (Å²) in [7, 11) is 0. The molecule has 2 heteroatoms. The Bertz CT molecular complexity index is 576. The van der Waals surface area contributed by atoms with Crippen molar-refractivity contribution in [3.05, 3.63) is 48.0 Å². The first-order valence-electron chi connectivity index (χ1n) is 7.06. The zero-order chi connectivity index (χ0) is 13.3. The second-order valence-electron chi connectivity index (χ2n) is 5.88. The maximum atomic E-state index is 9.78. The van der Waals surface area contributed by atoms with Gasteiger partial charge in [-0.05, 0) is 54.6 Å². The van der Waals surface area contributed by atoms with Crippen molar-refractivity contribution in [1.82, 2.24) is 5.32 Å². The molecule has 0 aliphatic heterocycles. The maximum absolute atomic E-state index is 9.78. The zero-order valence-corrected chi connectivity index (χ0v) is 11.4. The van der Waals surface area contributed by atoms with Crippen LogP contribution in [0, 0.1) is 5.92 Å². The maximum Gasteiger partial charge on any atom is 0.0652 e. The summed E-state index contributed by atoms with van der Waals surface area (Å²) in [6.07, 6.45) is 2.65. The number of aliphatic hydroxyl groups excluding tert-OH is 1. The summed E-state index contributed by atoms with van der Waals surface area (Å²) >= 11 is 0. The zero-order valence-electron chi connectivity index (χ0n) is 11.4. The molecule has 1 fully saturated rings. The molecule has 0 saturated heterocycles. The molecule has 1 aliphatic carbocycles. The van der Waals surface area contributed by atoms with Gasteiger partial charge in [-0.2, -0.15) is 0 Å². The van der Waals surface area contributed by atoms with Gasteiger partial charge in [0, 0.05) is 0 Å². The third-order valence-electron chi connectivity index (χ3n) is 4.18. The highest BCUT2D eigenvalue weighted by Gasteiger charge is 2.29. The molecule has 0 heterocycles. The van der Waals surface area contributed by atoms with E-state index in [2.05, 4.69) is 54.7 Å². The van der Waals surface area contributed by atoms with Crippen LogP contribution in [0.3, 0.4) is 0 Å². The van der Waals surface area contributed by atoms with E-state index >= 15 is 0 Å². The lowest BCUT2D eigenvalue weighted by atomic mass is 9.90. The minimum Gasteiger partial charge on any atom is -0.394 e. The van der Waals surface area contributed by atoms with Crippen LogP contribution >= 0.6 is 0 Å². The normalized spacial score (nSPS) is 18.4. The van der Waals surface area contributed by atoms with Gasteiger partial charge in [0.15, 0.2) is 0 Å². The molecule has 1 unspecified atom stereocenters. The Hall–Kier alpha value is -1.38. The molecule has 2 aromatic carbocycles. The van der Waals surface area contributed by atoms with Gasteiger partial charge in [0.25, 0.3) is 0 Å². The molecule has 0 amide bonds. The van der Waals surface area contributed by atoms with Gasteiger partial charge in [-0.15, -0.1) is 0 Å². The largest absolute Gasteiger partial charge is 0.394 e. The standard InChI is InChI=1S/C17H21NO/c1-17(12-19,18-11-13-6-7-13)16-9-8-14-4-2-3-5-15(14)10-16/h2-5,8-10,13,18-19H,6-7,11-12H2,1H3. The van der Waals surface area contributed by atoms with Gasteiger partial charge >= 0.3 is 0 Å². The molecule has 1 atom stereocenters. The second kappa shape index (κ2) is 4.95. The molecule has 1 aliphatic rings. The summed E-state index contributed by atoms with van der Waals surface area (Å²) in [5.74, 6) is 0.811. The van der Waals surface area contributed by atoms with Gasteiger partial charge in [0.05, 0.1) is 12.1 Å². The summed E-state index contributed by atoms with van der Waals surface area (Å²) < 4.78 is 0. The van der Waals surface area contributed by atoms with E-state index in [1.807, 2.05) is 0 Å². The Morgan fingerprint density at radius 2 is 1.89 bits per heavy atom. The number of aliphatic hydroxyl groups is 1. The van der Waals surface area contributed by atoms with Crippen molar-refractivity contribution in [2.24, 2.45) is 5.92 Å². The lowest BCUT2D eigenvalue weighted by Gasteiger charge is -2.30. The molecule has 0 spiro atoms. The van der Waals surface area contributed by atoms with Gasteiger partial charge in [0.1, 0.15) is 0 Å². The van der Waals surface area contributed by atoms with Gasteiger partial charge in [-0.25, -0.2) is 0 Å². The van der Waals surface area contributed by atoms with Gasteiger partial charge in [0.2, 0.25) is 0 Å². The van der Waals surface area contributed by atoms with Crippen LogP contribution in [0.4, 0.5) is 0 Å². The molecule has 0 radical (unpaired) electrons. The minimum atomic E-state index is -0.341. The third kappa shape index (κ3) is 2.65. The average Bonchev–Trinajstić information content (AvgIpc) is 3.28. The Balaban J connectivity index is 1.90. The Kier molecular flexibility index (Phi) is 3.29. The number of hydrogen-bond donors (Lipinski definition) is 2. The highest BCUT2D eigenvalue weighted by molar-refractivity contribution is 5.83. The molecule has 19 heavy (non-hydrogen) atoms. The van der Waals surface area contributed by atoms with Gasteiger partial charge in [-0.3, -0.25) is 0 Å². The minimum absolute atomic E-state index is 0.123. The lowest BCUT2D eigenvalue weighted by molar-refractivity contribution is 0.174. The van der Waals surface area contributed by atoms with Crippen molar-refractivity contribution in [1.29, 1.82) is 0 Å².